The van der Waals surface area contributed by atoms with Gasteiger partial charge in [0.05, 0.1) is 11.6 Å². The van der Waals surface area contributed by atoms with Gasteiger partial charge in [0.2, 0.25) is 0 Å². The van der Waals surface area contributed by atoms with Crippen LogP contribution in [0.15, 0.2) is 34.4 Å². The van der Waals surface area contributed by atoms with E-state index in [4.69, 9.17) is 21.1 Å². The second-order valence-electron chi connectivity index (χ2n) is 6.12. The van der Waals surface area contributed by atoms with E-state index >= 15 is 0 Å². The van der Waals surface area contributed by atoms with Crippen LogP contribution in [0, 0.1) is 13.8 Å². The third-order valence-corrected chi connectivity index (χ3v) is 5.07. The van der Waals surface area contributed by atoms with E-state index in [9.17, 15) is 19.8 Å². The normalized spacial score (nSPS) is 11.1. The zero-order valence-electron chi connectivity index (χ0n) is 15.9. The lowest BCUT2D eigenvalue weighted by atomic mass is 10.1. The number of carboxylic acid groups (broad SMARTS) is 1. The number of carbonyl (C=O) groups is 2. The molecule has 0 saturated carbocycles. The maximum atomic E-state index is 12.2. The number of benzene rings is 2. The van der Waals surface area contributed by atoms with Crippen LogP contribution >= 0.6 is 27.5 Å². The summed E-state index contributed by atoms with van der Waals surface area (Å²) >= 11 is 9.26. The lowest BCUT2D eigenvalue weighted by molar-refractivity contribution is -0.134. The summed E-state index contributed by atoms with van der Waals surface area (Å²) in [6.45, 7) is 3.25. The number of aromatic hydroxyl groups is 1. The number of ether oxygens (including phenoxy) is 2. The quantitative estimate of drug-likeness (QED) is 0.512. The molecule has 2 aromatic carbocycles. The molecule has 2 rings (SSSR count). The molecule has 0 bridgehead atoms. The molecular weight excluding hydrogens is 466 g/mol. The highest BCUT2D eigenvalue weighted by molar-refractivity contribution is 9.10. The van der Waals surface area contributed by atoms with E-state index in [0.717, 1.165) is 11.1 Å². The molecular formula is C20H19BrClNO6. The van der Waals surface area contributed by atoms with Crippen molar-refractivity contribution < 1.29 is 29.3 Å². The second-order valence-corrected chi connectivity index (χ2v) is 7.36. The molecule has 0 aliphatic rings. The Bertz CT molecular complexity index is 966. The SMILES string of the molecule is COc1cc(/C=C(/NC(=O)COc2cc(C)c(Cl)c(C)c2)C(=O)O)cc(Br)c1O. The highest BCUT2D eigenvalue weighted by atomic mass is 79.9. The predicted molar refractivity (Wildman–Crippen MR) is 113 cm³/mol. The fraction of sp³-hybridized carbons (Fsp3) is 0.200. The summed E-state index contributed by atoms with van der Waals surface area (Å²) in [6.07, 6.45) is 1.24. The van der Waals surface area contributed by atoms with Crippen molar-refractivity contribution in [1.82, 2.24) is 5.32 Å². The lowest BCUT2D eigenvalue weighted by Gasteiger charge is -2.11. The number of nitrogens with one attached hydrogen (secondary N) is 1. The average molecular weight is 485 g/mol. The number of carbonyl (C=O) groups excluding carboxylic acids is 1. The fourth-order valence-corrected chi connectivity index (χ4v) is 3.04. The standard InChI is InChI=1S/C20H19BrClNO6/c1-10-4-13(5-11(2)18(10)22)29-9-17(24)23-15(20(26)27)7-12-6-14(21)19(25)16(8-12)28-3/h4-8,25H,9H2,1-3H3,(H,23,24)(H,26,27)/b15-7+. The van der Waals surface area contributed by atoms with Gasteiger partial charge in [-0.15, -0.1) is 0 Å². The molecule has 0 aliphatic carbocycles. The molecule has 29 heavy (non-hydrogen) atoms. The van der Waals surface area contributed by atoms with Gasteiger partial charge in [0.25, 0.3) is 5.91 Å². The van der Waals surface area contributed by atoms with Crippen molar-refractivity contribution in [2.24, 2.45) is 0 Å². The molecule has 0 spiro atoms. The maximum Gasteiger partial charge on any atom is 0.352 e. The van der Waals surface area contributed by atoms with E-state index in [0.29, 0.717) is 20.8 Å². The topological polar surface area (TPSA) is 105 Å². The van der Waals surface area contributed by atoms with Crippen molar-refractivity contribution in [2.75, 3.05) is 13.7 Å². The predicted octanol–water partition coefficient (Wildman–Crippen LogP) is 4.05. The first-order valence-corrected chi connectivity index (χ1v) is 9.50. The van der Waals surface area contributed by atoms with Gasteiger partial charge in [-0.2, -0.15) is 0 Å². The van der Waals surface area contributed by atoms with Crippen LogP contribution in [0.1, 0.15) is 16.7 Å². The van der Waals surface area contributed by atoms with Crippen molar-refractivity contribution in [3.8, 4) is 17.2 Å². The molecule has 0 atom stereocenters. The molecule has 1 amide bonds. The van der Waals surface area contributed by atoms with Crippen LogP contribution in [0.3, 0.4) is 0 Å². The van der Waals surface area contributed by atoms with Gasteiger partial charge < -0.3 is 25.0 Å². The minimum Gasteiger partial charge on any atom is -0.503 e. The number of aryl methyl sites for hydroxylation is 2. The molecule has 154 valence electrons. The van der Waals surface area contributed by atoms with Gasteiger partial charge in [-0.1, -0.05) is 11.6 Å². The number of methoxy groups -OCH3 is 1. The van der Waals surface area contributed by atoms with Crippen LogP contribution in [0.4, 0.5) is 0 Å². The molecule has 9 heteroatoms. The van der Waals surface area contributed by atoms with Gasteiger partial charge in [-0.25, -0.2) is 4.79 Å². The van der Waals surface area contributed by atoms with Crippen LogP contribution in [0.2, 0.25) is 5.02 Å². The molecule has 0 fully saturated rings. The number of phenols is 1. The first-order chi connectivity index (χ1) is 13.6. The largest absolute Gasteiger partial charge is 0.503 e. The number of rotatable bonds is 7. The first-order valence-electron chi connectivity index (χ1n) is 8.33. The third kappa shape index (κ3) is 5.88. The van der Waals surface area contributed by atoms with Crippen LogP contribution in [0.5, 0.6) is 17.2 Å². The average Bonchev–Trinajstić information content (AvgIpc) is 2.66. The minimum absolute atomic E-state index is 0.118. The molecule has 0 heterocycles. The first kappa shape index (κ1) is 22.6. The summed E-state index contributed by atoms with van der Waals surface area (Å²) < 4.78 is 10.8. The Morgan fingerprint density at radius 2 is 1.83 bits per heavy atom. The van der Waals surface area contributed by atoms with Crippen LogP contribution < -0.4 is 14.8 Å². The number of aliphatic carboxylic acids is 1. The Balaban J connectivity index is 2.14. The summed E-state index contributed by atoms with van der Waals surface area (Å²) in [5.74, 6) is -1.49. The maximum absolute atomic E-state index is 12.2. The van der Waals surface area contributed by atoms with E-state index in [1.54, 1.807) is 12.1 Å². The van der Waals surface area contributed by atoms with Crippen LogP contribution in [-0.2, 0) is 9.59 Å². The van der Waals surface area contributed by atoms with Crippen LogP contribution in [0.25, 0.3) is 6.08 Å². The zero-order chi connectivity index (χ0) is 21.7. The number of carboxylic acids is 1. The molecule has 0 unspecified atom stereocenters. The minimum atomic E-state index is -1.33. The van der Waals surface area contributed by atoms with Gasteiger partial charge in [-0.3, -0.25) is 4.79 Å². The van der Waals surface area contributed by atoms with Crippen molar-refractivity contribution >= 4 is 45.5 Å². The Morgan fingerprint density at radius 3 is 2.38 bits per heavy atom. The van der Waals surface area contributed by atoms with Gasteiger partial charge in [0, 0.05) is 5.02 Å². The second kappa shape index (κ2) is 9.67. The molecule has 0 aliphatic heterocycles. The summed E-state index contributed by atoms with van der Waals surface area (Å²) in [5.41, 5.74) is 1.65. The Hall–Kier alpha value is -2.71. The van der Waals surface area contributed by atoms with Gasteiger partial charge in [0.1, 0.15) is 11.4 Å². The summed E-state index contributed by atoms with van der Waals surface area (Å²) in [6, 6.07) is 6.31. The third-order valence-electron chi connectivity index (χ3n) is 3.87. The summed E-state index contributed by atoms with van der Waals surface area (Å²) in [7, 11) is 1.37. The van der Waals surface area contributed by atoms with Crippen molar-refractivity contribution in [1.29, 1.82) is 0 Å². The monoisotopic (exact) mass is 483 g/mol. The molecule has 0 saturated heterocycles. The van der Waals surface area contributed by atoms with E-state index in [2.05, 4.69) is 21.2 Å². The van der Waals surface area contributed by atoms with Crippen molar-refractivity contribution in [3.63, 3.8) is 0 Å². The molecule has 2 aromatic rings. The van der Waals surface area contributed by atoms with Crippen LogP contribution in [-0.4, -0.2) is 35.8 Å². The van der Waals surface area contributed by atoms with Gasteiger partial charge in [0.15, 0.2) is 18.1 Å². The number of hydrogen-bond donors (Lipinski definition) is 3. The summed E-state index contributed by atoms with van der Waals surface area (Å²) in [4.78, 5) is 23.7. The fourth-order valence-electron chi connectivity index (χ4n) is 2.48. The molecule has 0 aromatic heterocycles. The number of hydrogen-bond acceptors (Lipinski definition) is 5. The highest BCUT2D eigenvalue weighted by Gasteiger charge is 2.15. The number of halogens is 2. The van der Waals surface area contributed by atoms with E-state index in [-0.39, 0.29) is 23.8 Å². The highest BCUT2D eigenvalue weighted by Crippen LogP contribution is 2.35. The van der Waals surface area contributed by atoms with E-state index in [1.165, 1.54) is 25.3 Å². The van der Waals surface area contributed by atoms with E-state index < -0.39 is 11.9 Å². The lowest BCUT2D eigenvalue weighted by Crippen LogP contribution is -2.31. The number of phenolic OH excluding ortho intramolecular Hbond substituents is 1. The number of amides is 1. The van der Waals surface area contributed by atoms with Crippen molar-refractivity contribution in [2.45, 2.75) is 13.8 Å². The smallest absolute Gasteiger partial charge is 0.352 e. The molecule has 0 radical (unpaired) electrons. The summed E-state index contributed by atoms with van der Waals surface area (Å²) in [5, 5.41) is 22.2. The zero-order valence-corrected chi connectivity index (χ0v) is 18.2. The van der Waals surface area contributed by atoms with Gasteiger partial charge in [-0.05, 0) is 76.8 Å². The molecule has 3 N–H and O–H groups in total. The Labute approximate surface area is 181 Å². The Kier molecular flexibility index (Phi) is 7.53. The van der Waals surface area contributed by atoms with Gasteiger partial charge >= 0.3 is 5.97 Å². The molecule has 7 nitrogen and oxygen atoms in total. The Morgan fingerprint density at radius 1 is 1.21 bits per heavy atom. The van der Waals surface area contributed by atoms with Crippen molar-refractivity contribution in [3.05, 3.63) is 56.1 Å². The van der Waals surface area contributed by atoms with E-state index in [1.807, 2.05) is 13.8 Å².